The lowest BCUT2D eigenvalue weighted by Crippen LogP contribution is -2.05. The number of unbranched alkanes of at least 4 members (excludes halogenated alkanes) is 25. The van der Waals surface area contributed by atoms with E-state index in [1.165, 1.54) is 148 Å². The third kappa shape index (κ3) is 34.7. The molecule has 0 spiro atoms. The van der Waals surface area contributed by atoms with E-state index in [1.54, 1.807) is 0 Å². The van der Waals surface area contributed by atoms with E-state index >= 15 is 0 Å². The lowest BCUT2D eigenvalue weighted by Gasteiger charge is -2.06. The maximum Gasteiger partial charge on any atom is 0.305 e. The predicted octanol–water partition coefficient (Wildman–Crippen LogP) is 11.9. The Kier molecular flexibility index (Phi) is 32.8. The van der Waals surface area contributed by atoms with Gasteiger partial charge in [0.15, 0.2) is 0 Å². The standard InChI is InChI=1S/C36H68O4/c1-2-3-4-5-6-7-8-9-10-11-12-15-18-21-24-27-30-33-36(39)40-34-31-28-25-22-19-16-13-14-17-20-23-26-29-32-35(37)38/h9-10H,2-8,11-34H2,1H3,(H,37,38). The number of hydrogen-bond donors (Lipinski definition) is 1. The van der Waals surface area contributed by atoms with Crippen LogP contribution in [-0.4, -0.2) is 23.7 Å². The first-order chi connectivity index (χ1) is 19.7. The van der Waals surface area contributed by atoms with Crippen molar-refractivity contribution in [3.63, 3.8) is 0 Å². The topological polar surface area (TPSA) is 63.6 Å². The summed E-state index contributed by atoms with van der Waals surface area (Å²) in [6.07, 6.45) is 40.7. The maximum atomic E-state index is 11.9. The van der Waals surface area contributed by atoms with Crippen molar-refractivity contribution in [3.05, 3.63) is 12.2 Å². The van der Waals surface area contributed by atoms with Gasteiger partial charge >= 0.3 is 11.9 Å². The normalized spacial score (nSPS) is 11.4. The van der Waals surface area contributed by atoms with Crippen molar-refractivity contribution in [3.8, 4) is 0 Å². The fraction of sp³-hybridized carbons (Fsp3) is 0.889. The highest BCUT2D eigenvalue weighted by atomic mass is 16.5. The number of aliphatic carboxylic acids is 1. The fourth-order valence-electron chi connectivity index (χ4n) is 5.27. The van der Waals surface area contributed by atoms with Crippen molar-refractivity contribution in [2.45, 2.75) is 200 Å². The van der Waals surface area contributed by atoms with Gasteiger partial charge in [0.1, 0.15) is 0 Å². The van der Waals surface area contributed by atoms with Crippen LogP contribution in [0.2, 0.25) is 0 Å². The molecular formula is C36H68O4. The fourth-order valence-corrected chi connectivity index (χ4v) is 5.27. The van der Waals surface area contributed by atoms with E-state index in [2.05, 4.69) is 19.1 Å². The molecule has 0 unspecified atom stereocenters. The molecule has 1 N–H and O–H groups in total. The van der Waals surface area contributed by atoms with Crippen molar-refractivity contribution < 1.29 is 19.4 Å². The van der Waals surface area contributed by atoms with Gasteiger partial charge in [-0.05, 0) is 44.9 Å². The molecule has 0 aliphatic carbocycles. The summed E-state index contributed by atoms with van der Waals surface area (Å²) < 4.78 is 5.42. The van der Waals surface area contributed by atoms with Gasteiger partial charge in [-0.1, -0.05) is 154 Å². The van der Waals surface area contributed by atoms with Crippen molar-refractivity contribution >= 4 is 11.9 Å². The average Bonchev–Trinajstić information content (AvgIpc) is 2.94. The Hall–Kier alpha value is -1.32. The molecule has 0 rings (SSSR count). The second kappa shape index (κ2) is 33.9. The quantitative estimate of drug-likeness (QED) is 0.0489. The van der Waals surface area contributed by atoms with Crippen molar-refractivity contribution in [1.29, 1.82) is 0 Å². The predicted molar refractivity (Wildman–Crippen MR) is 172 cm³/mol. The zero-order valence-corrected chi connectivity index (χ0v) is 26.7. The molecule has 4 nitrogen and oxygen atoms in total. The molecule has 0 fully saturated rings. The first-order valence-electron chi connectivity index (χ1n) is 17.7. The van der Waals surface area contributed by atoms with Crippen molar-refractivity contribution in [2.24, 2.45) is 0 Å². The van der Waals surface area contributed by atoms with E-state index in [9.17, 15) is 9.59 Å². The van der Waals surface area contributed by atoms with Crippen LogP contribution in [0.15, 0.2) is 12.2 Å². The van der Waals surface area contributed by atoms with Crippen LogP contribution in [-0.2, 0) is 14.3 Å². The van der Waals surface area contributed by atoms with Crippen LogP contribution in [0.1, 0.15) is 200 Å². The molecule has 236 valence electrons. The van der Waals surface area contributed by atoms with Crippen LogP contribution in [0.4, 0.5) is 0 Å². The molecule has 0 bridgehead atoms. The Labute approximate surface area is 249 Å². The van der Waals surface area contributed by atoms with Gasteiger partial charge in [0.25, 0.3) is 0 Å². The summed E-state index contributed by atoms with van der Waals surface area (Å²) >= 11 is 0. The number of rotatable bonds is 33. The zero-order chi connectivity index (χ0) is 29.2. The van der Waals surface area contributed by atoms with E-state index in [0.29, 0.717) is 19.4 Å². The molecule has 0 heterocycles. The van der Waals surface area contributed by atoms with Gasteiger partial charge in [-0.25, -0.2) is 0 Å². The van der Waals surface area contributed by atoms with Gasteiger partial charge in [-0.15, -0.1) is 0 Å². The summed E-state index contributed by atoms with van der Waals surface area (Å²) in [5, 5.41) is 8.62. The number of hydrogen-bond acceptors (Lipinski definition) is 3. The number of carbonyl (C=O) groups excluding carboxylic acids is 1. The highest BCUT2D eigenvalue weighted by Gasteiger charge is 2.03. The summed E-state index contributed by atoms with van der Waals surface area (Å²) in [5.41, 5.74) is 0. The lowest BCUT2D eigenvalue weighted by atomic mass is 10.0. The van der Waals surface area contributed by atoms with Gasteiger partial charge < -0.3 is 9.84 Å². The Morgan fingerprint density at radius 1 is 0.475 bits per heavy atom. The molecule has 0 aliphatic rings. The first kappa shape index (κ1) is 38.7. The van der Waals surface area contributed by atoms with Crippen LogP contribution < -0.4 is 0 Å². The second-order valence-corrected chi connectivity index (χ2v) is 12.0. The highest BCUT2D eigenvalue weighted by molar-refractivity contribution is 5.69. The van der Waals surface area contributed by atoms with E-state index in [4.69, 9.17) is 9.84 Å². The Bertz CT molecular complexity index is 557. The minimum atomic E-state index is -0.671. The largest absolute Gasteiger partial charge is 0.481 e. The first-order valence-corrected chi connectivity index (χ1v) is 17.7. The average molecular weight is 565 g/mol. The molecule has 4 heteroatoms. The lowest BCUT2D eigenvalue weighted by molar-refractivity contribution is -0.144. The van der Waals surface area contributed by atoms with E-state index in [-0.39, 0.29) is 5.97 Å². The molecule has 0 aromatic carbocycles. The third-order valence-corrected chi connectivity index (χ3v) is 7.94. The van der Waals surface area contributed by atoms with Crippen LogP contribution >= 0.6 is 0 Å². The minimum absolute atomic E-state index is 0.00497. The number of carboxylic acids is 1. The molecule has 0 saturated carbocycles. The summed E-state index contributed by atoms with van der Waals surface area (Å²) in [6, 6.07) is 0. The van der Waals surface area contributed by atoms with Crippen LogP contribution in [0.25, 0.3) is 0 Å². The minimum Gasteiger partial charge on any atom is -0.481 e. The molecule has 0 amide bonds. The number of ether oxygens (including phenoxy) is 1. The monoisotopic (exact) mass is 565 g/mol. The summed E-state index contributed by atoms with van der Waals surface area (Å²) in [5.74, 6) is -0.676. The van der Waals surface area contributed by atoms with Gasteiger partial charge in [-0.2, -0.15) is 0 Å². The Morgan fingerprint density at radius 2 is 0.825 bits per heavy atom. The van der Waals surface area contributed by atoms with Gasteiger partial charge in [0.2, 0.25) is 0 Å². The number of carbonyl (C=O) groups is 2. The van der Waals surface area contributed by atoms with Crippen LogP contribution in [0.5, 0.6) is 0 Å². The van der Waals surface area contributed by atoms with E-state index in [1.807, 2.05) is 0 Å². The van der Waals surface area contributed by atoms with Gasteiger partial charge in [0.05, 0.1) is 6.61 Å². The second-order valence-electron chi connectivity index (χ2n) is 12.0. The molecule has 0 aliphatic heterocycles. The number of allylic oxidation sites excluding steroid dienone is 2. The zero-order valence-electron chi connectivity index (χ0n) is 26.7. The van der Waals surface area contributed by atoms with Gasteiger partial charge in [0, 0.05) is 12.8 Å². The highest BCUT2D eigenvalue weighted by Crippen LogP contribution is 2.14. The molecule has 0 radical (unpaired) electrons. The summed E-state index contributed by atoms with van der Waals surface area (Å²) in [6.45, 7) is 2.87. The number of carboxylic acid groups (broad SMARTS) is 1. The van der Waals surface area contributed by atoms with E-state index in [0.717, 1.165) is 32.1 Å². The Morgan fingerprint density at radius 3 is 1.25 bits per heavy atom. The molecule has 0 saturated heterocycles. The summed E-state index contributed by atoms with van der Waals surface area (Å²) in [4.78, 5) is 22.4. The van der Waals surface area contributed by atoms with Crippen LogP contribution in [0.3, 0.4) is 0 Å². The SMILES string of the molecule is CCCCCCCCC=CCCCCCCCCCC(=O)OCCCCCCCCCCCCCCCC(=O)O. The summed E-state index contributed by atoms with van der Waals surface area (Å²) in [7, 11) is 0. The van der Waals surface area contributed by atoms with Crippen molar-refractivity contribution in [1.82, 2.24) is 0 Å². The van der Waals surface area contributed by atoms with Crippen LogP contribution in [0, 0.1) is 0 Å². The van der Waals surface area contributed by atoms with E-state index < -0.39 is 5.97 Å². The molecule has 0 atom stereocenters. The third-order valence-electron chi connectivity index (χ3n) is 7.94. The molecule has 0 aromatic rings. The molecule has 40 heavy (non-hydrogen) atoms. The molecule has 0 aromatic heterocycles. The molecular weight excluding hydrogens is 496 g/mol. The van der Waals surface area contributed by atoms with Gasteiger partial charge in [-0.3, -0.25) is 9.59 Å². The Balaban J connectivity index is 3.19. The smallest absolute Gasteiger partial charge is 0.305 e. The number of esters is 1. The van der Waals surface area contributed by atoms with Crippen molar-refractivity contribution in [2.75, 3.05) is 6.61 Å². The maximum absolute atomic E-state index is 11.9.